The number of likely N-dealkylation sites (tertiary alicyclic amines) is 1. The van der Waals surface area contributed by atoms with Crippen LogP contribution in [0.15, 0.2) is 29.2 Å². The Bertz CT molecular complexity index is 780. The molecule has 2 heterocycles. The van der Waals surface area contributed by atoms with E-state index in [2.05, 4.69) is 10.2 Å². The second-order valence-corrected chi connectivity index (χ2v) is 8.92. The van der Waals surface area contributed by atoms with Crippen molar-refractivity contribution in [1.29, 1.82) is 0 Å². The van der Waals surface area contributed by atoms with Crippen LogP contribution in [0.3, 0.4) is 0 Å². The number of piperidine rings is 1. The van der Waals surface area contributed by atoms with E-state index in [0.29, 0.717) is 19.1 Å². The molecule has 2 N–H and O–H groups in total. The summed E-state index contributed by atoms with van der Waals surface area (Å²) in [6.07, 6.45) is 4.14. The molecule has 3 rings (SSSR count). The maximum absolute atomic E-state index is 12.8. The van der Waals surface area contributed by atoms with Gasteiger partial charge in [-0.05, 0) is 63.0 Å². The smallest absolute Gasteiger partial charge is 0.322 e. The van der Waals surface area contributed by atoms with Gasteiger partial charge in [-0.1, -0.05) is 0 Å². The summed E-state index contributed by atoms with van der Waals surface area (Å²) in [6, 6.07) is 6.08. The van der Waals surface area contributed by atoms with Gasteiger partial charge in [0.05, 0.1) is 4.90 Å². The SMILES string of the molecule is O=C(O)CNC(=O)c1ccc(S(=O)(=O)N2CCC(N3CCCC3)CC2)cc1. The van der Waals surface area contributed by atoms with Gasteiger partial charge in [0.25, 0.3) is 5.91 Å². The Morgan fingerprint density at radius 2 is 1.63 bits per heavy atom. The van der Waals surface area contributed by atoms with Crippen LogP contribution in [-0.4, -0.2) is 73.4 Å². The Labute approximate surface area is 159 Å². The standard InChI is InChI=1S/C18H25N3O5S/c22-17(23)13-19-18(24)14-3-5-16(6-4-14)27(25,26)21-11-7-15(8-12-21)20-9-1-2-10-20/h3-6,15H,1-2,7-13H2,(H,19,24)(H,22,23). The number of benzene rings is 1. The normalized spacial score (nSPS) is 19.9. The lowest BCUT2D eigenvalue weighted by atomic mass is 10.1. The van der Waals surface area contributed by atoms with Gasteiger partial charge in [-0.15, -0.1) is 0 Å². The summed E-state index contributed by atoms with van der Waals surface area (Å²) >= 11 is 0. The molecule has 2 aliphatic heterocycles. The molecule has 2 aliphatic rings. The average molecular weight is 395 g/mol. The number of hydrogen-bond acceptors (Lipinski definition) is 5. The Morgan fingerprint density at radius 3 is 2.19 bits per heavy atom. The maximum atomic E-state index is 12.8. The number of carbonyl (C=O) groups excluding carboxylic acids is 1. The minimum atomic E-state index is -3.59. The van der Waals surface area contributed by atoms with Crippen molar-refractivity contribution in [2.45, 2.75) is 36.6 Å². The molecule has 0 unspecified atom stereocenters. The zero-order chi connectivity index (χ0) is 19.4. The number of carboxylic acids is 1. The zero-order valence-corrected chi connectivity index (χ0v) is 16.0. The topological polar surface area (TPSA) is 107 Å². The van der Waals surface area contributed by atoms with Gasteiger partial charge >= 0.3 is 5.97 Å². The molecular formula is C18H25N3O5S. The molecule has 1 amide bonds. The highest BCUT2D eigenvalue weighted by Gasteiger charge is 2.32. The molecule has 8 nitrogen and oxygen atoms in total. The number of nitrogens with zero attached hydrogens (tertiary/aromatic N) is 2. The molecule has 1 aromatic carbocycles. The van der Waals surface area contributed by atoms with Crippen molar-refractivity contribution < 1.29 is 23.1 Å². The van der Waals surface area contributed by atoms with Crippen LogP contribution in [-0.2, 0) is 14.8 Å². The first-order valence-electron chi connectivity index (χ1n) is 9.22. The van der Waals surface area contributed by atoms with E-state index in [0.717, 1.165) is 25.9 Å². The molecule has 0 spiro atoms. The number of carbonyl (C=O) groups is 2. The third kappa shape index (κ3) is 4.66. The summed E-state index contributed by atoms with van der Waals surface area (Å²) in [5.74, 6) is -1.69. The van der Waals surface area contributed by atoms with Gasteiger partial charge in [0.1, 0.15) is 6.54 Å². The summed E-state index contributed by atoms with van der Waals surface area (Å²) < 4.78 is 27.2. The molecule has 0 bridgehead atoms. The zero-order valence-electron chi connectivity index (χ0n) is 15.1. The minimum absolute atomic E-state index is 0.150. The number of sulfonamides is 1. The van der Waals surface area contributed by atoms with Crippen LogP contribution in [0.1, 0.15) is 36.0 Å². The molecule has 148 valence electrons. The van der Waals surface area contributed by atoms with Gasteiger partial charge in [0.15, 0.2) is 0 Å². The minimum Gasteiger partial charge on any atom is -0.480 e. The fourth-order valence-electron chi connectivity index (χ4n) is 3.74. The predicted octanol–water partition coefficient (Wildman–Crippen LogP) is 0.750. The lowest BCUT2D eigenvalue weighted by Crippen LogP contribution is -2.45. The molecular weight excluding hydrogens is 370 g/mol. The lowest BCUT2D eigenvalue weighted by molar-refractivity contribution is -0.135. The van der Waals surface area contributed by atoms with Crippen molar-refractivity contribution >= 4 is 21.9 Å². The van der Waals surface area contributed by atoms with E-state index >= 15 is 0 Å². The summed E-state index contributed by atoms with van der Waals surface area (Å²) in [6.45, 7) is 2.76. The van der Waals surface area contributed by atoms with E-state index in [4.69, 9.17) is 5.11 Å². The molecule has 0 aromatic heterocycles. The quantitative estimate of drug-likeness (QED) is 0.736. The highest BCUT2D eigenvalue weighted by atomic mass is 32.2. The molecule has 0 radical (unpaired) electrons. The molecule has 0 atom stereocenters. The predicted molar refractivity (Wildman–Crippen MR) is 99.0 cm³/mol. The summed E-state index contributed by atoms with van der Waals surface area (Å²) in [5.41, 5.74) is 0.225. The van der Waals surface area contributed by atoms with E-state index in [-0.39, 0.29) is 10.5 Å². The van der Waals surface area contributed by atoms with E-state index < -0.39 is 28.4 Å². The highest BCUT2D eigenvalue weighted by molar-refractivity contribution is 7.89. The molecule has 27 heavy (non-hydrogen) atoms. The Kier molecular flexibility index (Phi) is 6.13. The average Bonchev–Trinajstić information content (AvgIpc) is 3.21. The van der Waals surface area contributed by atoms with E-state index in [1.54, 1.807) is 0 Å². The maximum Gasteiger partial charge on any atom is 0.322 e. The van der Waals surface area contributed by atoms with Crippen molar-refractivity contribution in [3.05, 3.63) is 29.8 Å². The van der Waals surface area contributed by atoms with Gasteiger partial charge in [-0.25, -0.2) is 8.42 Å². The highest BCUT2D eigenvalue weighted by Crippen LogP contribution is 2.25. The first-order chi connectivity index (χ1) is 12.9. The van der Waals surface area contributed by atoms with Crippen LogP contribution in [0.25, 0.3) is 0 Å². The third-order valence-corrected chi connectivity index (χ3v) is 7.15. The molecule has 0 saturated carbocycles. The van der Waals surface area contributed by atoms with Gasteiger partial charge in [0.2, 0.25) is 10.0 Å². The number of amides is 1. The number of carboxylic acid groups (broad SMARTS) is 1. The summed E-state index contributed by atoms with van der Waals surface area (Å²) in [7, 11) is -3.59. The van der Waals surface area contributed by atoms with Crippen LogP contribution >= 0.6 is 0 Å². The fourth-order valence-corrected chi connectivity index (χ4v) is 5.21. The largest absolute Gasteiger partial charge is 0.480 e. The van der Waals surface area contributed by atoms with E-state index in [9.17, 15) is 18.0 Å². The van der Waals surface area contributed by atoms with E-state index in [1.807, 2.05) is 0 Å². The van der Waals surface area contributed by atoms with Crippen molar-refractivity contribution in [2.24, 2.45) is 0 Å². The number of aliphatic carboxylic acids is 1. The molecule has 2 saturated heterocycles. The second-order valence-electron chi connectivity index (χ2n) is 6.98. The van der Waals surface area contributed by atoms with Gasteiger partial charge < -0.3 is 15.3 Å². The van der Waals surface area contributed by atoms with Gasteiger partial charge in [-0.3, -0.25) is 9.59 Å². The second kappa shape index (κ2) is 8.37. The van der Waals surface area contributed by atoms with Crippen LogP contribution in [0.4, 0.5) is 0 Å². The molecule has 2 fully saturated rings. The Balaban J connectivity index is 1.61. The van der Waals surface area contributed by atoms with Gasteiger partial charge in [0, 0.05) is 24.7 Å². The number of nitrogens with one attached hydrogen (secondary N) is 1. The fraction of sp³-hybridized carbons (Fsp3) is 0.556. The molecule has 1 aromatic rings. The molecule has 9 heteroatoms. The van der Waals surface area contributed by atoms with Gasteiger partial charge in [-0.2, -0.15) is 4.31 Å². The van der Waals surface area contributed by atoms with Crippen molar-refractivity contribution in [1.82, 2.24) is 14.5 Å². The van der Waals surface area contributed by atoms with E-state index in [1.165, 1.54) is 41.4 Å². The van der Waals surface area contributed by atoms with Crippen LogP contribution in [0, 0.1) is 0 Å². The Hall–Kier alpha value is -1.97. The number of hydrogen-bond donors (Lipinski definition) is 2. The third-order valence-electron chi connectivity index (χ3n) is 5.23. The van der Waals surface area contributed by atoms with Crippen LogP contribution in [0.2, 0.25) is 0 Å². The summed E-state index contributed by atoms with van der Waals surface area (Å²) in [5, 5.41) is 10.8. The monoisotopic (exact) mass is 395 g/mol. The van der Waals surface area contributed by atoms with Crippen LogP contribution < -0.4 is 5.32 Å². The first kappa shape index (κ1) is 19.8. The van der Waals surface area contributed by atoms with Crippen LogP contribution in [0.5, 0.6) is 0 Å². The molecule has 0 aliphatic carbocycles. The van der Waals surface area contributed by atoms with Crippen molar-refractivity contribution in [2.75, 3.05) is 32.7 Å². The first-order valence-corrected chi connectivity index (χ1v) is 10.7. The van der Waals surface area contributed by atoms with Crippen molar-refractivity contribution in [3.8, 4) is 0 Å². The van der Waals surface area contributed by atoms with Crippen molar-refractivity contribution in [3.63, 3.8) is 0 Å². The lowest BCUT2D eigenvalue weighted by Gasteiger charge is -2.36. The summed E-state index contributed by atoms with van der Waals surface area (Å²) in [4.78, 5) is 25.0. The number of rotatable bonds is 6. The Morgan fingerprint density at radius 1 is 1.04 bits per heavy atom.